The number of hydrogen-bond donors (Lipinski definition) is 2. The van der Waals surface area contributed by atoms with Crippen LogP contribution in [0.4, 0.5) is 4.79 Å². The van der Waals surface area contributed by atoms with E-state index in [9.17, 15) is 14.7 Å². The Morgan fingerprint density at radius 1 is 1.22 bits per heavy atom. The zero-order valence-electron chi connectivity index (χ0n) is 15.4. The first-order valence-corrected chi connectivity index (χ1v) is 10.1. The van der Waals surface area contributed by atoms with Crippen molar-refractivity contribution in [2.75, 3.05) is 0 Å². The lowest BCUT2D eigenvalue weighted by Gasteiger charge is -2.22. The van der Waals surface area contributed by atoms with Gasteiger partial charge in [-0.3, -0.25) is 0 Å². The molecular weight excluding hydrogens is 484 g/mol. The lowest BCUT2D eigenvalue weighted by molar-refractivity contribution is -0.139. The van der Waals surface area contributed by atoms with Crippen molar-refractivity contribution < 1.29 is 24.3 Å². The average Bonchev–Trinajstić information content (AvgIpc) is 2.55. The van der Waals surface area contributed by atoms with Crippen LogP contribution in [0.1, 0.15) is 39.2 Å². The molecule has 0 radical (unpaired) electrons. The molecule has 1 amide bonds. The van der Waals surface area contributed by atoms with Gasteiger partial charge in [-0.15, -0.1) is 0 Å². The van der Waals surface area contributed by atoms with E-state index >= 15 is 0 Å². The highest BCUT2D eigenvalue weighted by atomic mass is 79.9. The van der Waals surface area contributed by atoms with Gasteiger partial charge in [0.05, 0.1) is 5.71 Å². The van der Waals surface area contributed by atoms with Crippen LogP contribution in [-0.4, -0.2) is 38.3 Å². The van der Waals surface area contributed by atoms with E-state index in [0.29, 0.717) is 18.7 Å². The lowest BCUT2D eigenvalue weighted by Crippen LogP contribution is -2.43. The van der Waals surface area contributed by atoms with E-state index in [0.717, 1.165) is 5.56 Å². The Kier molecular flexibility index (Phi) is 9.79. The van der Waals surface area contributed by atoms with Crippen LogP contribution in [0.2, 0.25) is 0 Å². The fourth-order valence-electron chi connectivity index (χ4n) is 1.96. The number of carboxylic acid groups (broad SMARTS) is 1. The molecule has 0 heterocycles. The Hall–Kier alpha value is -1.61. The molecule has 0 fully saturated rings. The van der Waals surface area contributed by atoms with Gasteiger partial charge < -0.3 is 20.0 Å². The van der Waals surface area contributed by atoms with Crippen LogP contribution in [0.5, 0.6) is 0 Å². The Bertz CT molecular complexity index is 645. The largest absolute Gasteiger partial charge is 0.480 e. The molecule has 9 heteroatoms. The minimum atomic E-state index is -1.15. The molecule has 0 aliphatic carbocycles. The minimum absolute atomic E-state index is 0.135. The lowest BCUT2D eigenvalue weighted by atomic mass is 10.1. The van der Waals surface area contributed by atoms with Gasteiger partial charge in [0, 0.05) is 0 Å². The second-order valence-electron chi connectivity index (χ2n) is 6.72. The molecule has 1 unspecified atom stereocenters. The molecule has 1 aromatic carbocycles. The van der Waals surface area contributed by atoms with Crippen LogP contribution < -0.4 is 5.32 Å². The van der Waals surface area contributed by atoms with Crippen LogP contribution in [-0.2, 0) is 21.0 Å². The highest BCUT2D eigenvalue weighted by Crippen LogP contribution is 2.16. The molecule has 0 spiro atoms. The number of amides is 1. The summed E-state index contributed by atoms with van der Waals surface area (Å²) < 4.78 is 4.82. The highest BCUT2D eigenvalue weighted by molar-refractivity contribution is 9.25. The van der Waals surface area contributed by atoms with Gasteiger partial charge in [-0.1, -0.05) is 67.3 Å². The minimum Gasteiger partial charge on any atom is -0.480 e. The molecule has 0 aliphatic heterocycles. The summed E-state index contributed by atoms with van der Waals surface area (Å²) in [5, 5.41) is 15.8. The van der Waals surface area contributed by atoms with Gasteiger partial charge in [0.15, 0.2) is 0 Å². The number of hydrogen-bond acceptors (Lipinski definition) is 5. The third-order valence-corrected chi connectivity index (χ3v) is 4.24. The SMILES string of the molecule is CC(C)(C)OC(=O)NC(CCC(=NOCc1ccccc1)C(Br)Br)C(=O)O. The summed E-state index contributed by atoms with van der Waals surface area (Å²) >= 11 is 6.70. The van der Waals surface area contributed by atoms with Crippen molar-refractivity contribution in [1.29, 1.82) is 0 Å². The Labute approximate surface area is 175 Å². The number of benzene rings is 1. The first-order valence-electron chi connectivity index (χ1n) is 8.31. The van der Waals surface area contributed by atoms with Crippen LogP contribution in [0.25, 0.3) is 0 Å². The molecule has 0 saturated heterocycles. The van der Waals surface area contributed by atoms with Crippen LogP contribution in [0, 0.1) is 0 Å². The molecular formula is C18H24Br2N2O5. The fraction of sp³-hybridized carbons (Fsp3) is 0.500. The van der Waals surface area contributed by atoms with E-state index in [4.69, 9.17) is 9.57 Å². The van der Waals surface area contributed by atoms with Gasteiger partial charge >= 0.3 is 12.1 Å². The Morgan fingerprint density at radius 2 is 1.85 bits per heavy atom. The second kappa shape index (κ2) is 11.3. The number of nitrogens with zero attached hydrogens (tertiary/aromatic N) is 1. The molecule has 1 aromatic rings. The van der Waals surface area contributed by atoms with E-state index in [2.05, 4.69) is 42.3 Å². The monoisotopic (exact) mass is 506 g/mol. The number of nitrogens with one attached hydrogen (secondary N) is 1. The highest BCUT2D eigenvalue weighted by Gasteiger charge is 2.25. The molecule has 2 N–H and O–H groups in total. The second-order valence-corrected chi connectivity index (χ2v) is 9.78. The summed E-state index contributed by atoms with van der Waals surface area (Å²) in [6.07, 6.45) is -0.346. The molecule has 27 heavy (non-hydrogen) atoms. The summed E-state index contributed by atoms with van der Waals surface area (Å²) in [7, 11) is 0. The number of carbonyl (C=O) groups excluding carboxylic acids is 1. The predicted molar refractivity (Wildman–Crippen MR) is 110 cm³/mol. The van der Waals surface area contributed by atoms with Gasteiger partial charge in [-0.25, -0.2) is 9.59 Å². The number of carboxylic acids is 1. The van der Waals surface area contributed by atoms with E-state index in [-0.39, 0.29) is 10.2 Å². The number of oxime groups is 1. The average molecular weight is 508 g/mol. The number of rotatable bonds is 9. The van der Waals surface area contributed by atoms with Crippen molar-refractivity contribution in [3.8, 4) is 0 Å². The zero-order chi connectivity index (χ0) is 20.4. The molecule has 1 rings (SSSR count). The van der Waals surface area contributed by atoms with Crippen LogP contribution >= 0.6 is 31.9 Å². The maximum absolute atomic E-state index is 11.8. The van der Waals surface area contributed by atoms with E-state index in [1.165, 1.54) is 0 Å². The van der Waals surface area contributed by atoms with Crippen molar-refractivity contribution >= 4 is 49.6 Å². The topological polar surface area (TPSA) is 97.2 Å². The van der Waals surface area contributed by atoms with Gasteiger partial charge in [-0.2, -0.15) is 0 Å². The summed E-state index contributed by atoms with van der Waals surface area (Å²) in [6.45, 7) is 5.42. The summed E-state index contributed by atoms with van der Waals surface area (Å²) in [6, 6.07) is 8.45. The van der Waals surface area contributed by atoms with E-state index in [1.54, 1.807) is 20.8 Å². The number of carbonyl (C=O) groups is 2. The molecule has 0 bridgehead atoms. The molecule has 0 saturated carbocycles. The smallest absolute Gasteiger partial charge is 0.408 e. The quantitative estimate of drug-likeness (QED) is 0.292. The zero-order valence-corrected chi connectivity index (χ0v) is 18.6. The van der Waals surface area contributed by atoms with Crippen LogP contribution in [0.3, 0.4) is 0 Å². The molecule has 1 atom stereocenters. The summed E-state index contributed by atoms with van der Waals surface area (Å²) in [4.78, 5) is 28.6. The molecule has 7 nitrogen and oxygen atoms in total. The predicted octanol–water partition coefficient (Wildman–Crippen LogP) is 4.43. The fourth-order valence-corrected chi connectivity index (χ4v) is 2.58. The molecule has 150 valence electrons. The summed E-state index contributed by atoms with van der Waals surface area (Å²) in [5.41, 5.74) is 0.835. The standard InChI is InChI=1S/C18H24Br2N2O5/c1-18(2,3)27-17(25)21-14(16(23)24)10-9-13(15(19)20)22-26-11-12-7-5-4-6-8-12/h4-8,14-15H,9-11H2,1-3H3,(H,21,25)(H,23,24). The molecule has 0 aromatic heterocycles. The van der Waals surface area contributed by atoms with E-state index < -0.39 is 23.7 Å². The Balaban J connectivity index is 2.62. The maximum Gasteiger partial charge on any atom is 0.408 e. The third kappa shape index (κ3) is 10.3. The van der Waals surface area contributed by atoms with Gasteiger partial charge in [-0.05, 0) is 39.2 Å². The van der Waals surface area contributed by atoms with Crippen molar-refractivity contribution in [1.82, 2.24) is 5.32 Å². The Morgan fingerprint density at radius 3 is 2.37 bits per heavy atom. The number of alkyl carbamates (subject to hydrolysis) is 1. The van der Waals surface area contributed by atoms with Gasteiger partial charge in [0.2, 0.25) is 0 Å². The number of aliphatic carboxylic acids is 1. The normalized spacial score (nSPS) is 13.2. The van der Waals surface area contributed by atoms with Gasteiger partial charge in [0.25, 0.3) is 0 Å². The van der Waals surface area contributed by atoms with Gasteiger partial charge in [0.1, 0.15) is 22.0 Å². The van der Waals surface area contributed by atoms with Crippen molar-refractivity contribution in [2.24, 2.45) is 5.16 Å². The molecule has 0 aliphatic rings. The van der Waals surface area contributed by atoms with Crippen molar-refractivity contribution in [2.45, 2.75) is 55.6 Å². The number of alkyl halides is 2. The van der Waals surface area contributed by atoms with Crippen molar-refractivity contribution in [3.05, 3.63) is 35.9 Å². The maximum atomic E-state index is 11.8. The third-order valence-electron chi connectivity index (χ3n) is 3.19. The first kappa shape index (κ1) is 23.4. The van der Waals surface area contributed by atoms with Crippen molar-refractivity contribution in [3.63, 3.8) is 0 Å². The first-order chi connectivity index (χ1) is 12.6. The number of ether oxygens (including phenoxy) is 1. The number of halogens is 2. The van der Waals surface area contributed by atoms with E-state index in [1.807, 2.05) is 30.3 Å². The summed E-state index contributed by atoms with van der Waals surface area (Å²) in [5.74, 6) is -1.15. The van der Waals surface area contributed by atoms with Crippen LogP contribution in [0.15, 0.2) is 35.5 Å².